The first-order valence-electron chi connectivity index (χ1n) is 19.4. The van der Waals surface area contributed by atoms with Gasteiger partial charge in [0.25, 0.3) is 10.0 Å². The highest BCUT2D eigenvalue weighted by molar-refractivity contribution is 7.92. The Bertz CT molecular complexity index is 2360. The fraction of sp³-hybridized carbons (Fsp3) is 0.386. The van der Waals surface area contributed by atoms with Gasteiger partial charge >= 0.3 is 12.3 Å². The number of hydrogen-bond donors (Lipinski definition) is 2. The van der Waals surface area contributed by atoms with Gasteiger partial charge < -0.3 is 9.53 Å². The summed E-state index contributed by atoms with van der Waals surface area (Å²) in [6.07, 6.45) is -0.879. The van der Waals surface area contributed by atoms with E-state index in [0.29, 0.717) is 46.8 Å². The van der Waals surface area contributed by atoms with Gasteiger partial charge in [-0.25, -0.2) is 18.2 Å². The van der Waals surface area contributed by atoms with E-state index in [1.165, 1.54) is 35.6 Å². The second kappa shape index (κ2) is 16.1. The first-order chi connectivity index (χ1) is 27.4. The Labute approximate surface area is 349 Å². The van der Waals surface area contributed by atoms with Gasteiger partial charge in [-0.2, -0.15) is 13.2 Å². The highest BCUT2D eigenvalue weighted by atomic mass is 32.2. The summed E-state index contributed by atoms with van der Waals surface area (Å²) in [4.78, 5) is 24.1. The van der Waals surface area contributed by atoms with Crippen molar-refractivity contribution >= 4 is 41.5 Å². The summed E-state index contributed by atoms with van der Waals surface area (Å²) in [6, 6.07) is 21.5. The molecule has 1 fully saturated rings. The predicted octanol–water partition coefficient (Wildman–Crippen LogP) is 11.9. The van der Waals surface area contributed by atoms with Crippen LogP contribution in [0.5, 0.6) is 0 Å². The first kappa shape index (κ1) is 44.0. The molecule has 5 aromatic rings. The molecule has 0 aliphatic carbocycles. The van der Waals surface area contributed by atoms with Gasteiger partial charge in [-0.05, 0) is 90.8 Å². The summed E-state index contributed by atoms with van der Waals surface area (Å²) in [6.45, 7) is 17.1. The molecular formula is C44H51F3N4O5S2Si. The molecule has 6 rings (SSSR count). The number of benzene rings is 3. The summed E-state index contributed by atoms with van der Waals surface area (Å²) in [7, 11) is -6.40. The Morgan fingerprint density at radius 2 is 1.59 bits per heavy atom. The molecule has 1 aliphatic rings. The molecule has 3 atom stereocenters. The number of pyridine rings is 1. The number of carbonyl (C=O) groups is 1. The van der Waals surface area contributed by atoms with Gasteiger partial charge in [-0.3, -0.25) is 14.6 Å². The van der Waals surface area contributed by atoms with E-state index in [9.17, 15) is 31.5 Å². The maximum Gasteiger partial charge on any atom is 0.416 e. The van der Waals surface area contributed by atoms with Crippen molar-refractivity contribution in [1.29, 1.82) is 0 Å². The standard InChI is InChI=1S/C44H51F3N4O5S2Si/c1-41(2,3)43(38(32-10-9-25-48-27-32)56-59(7,8)42(4,5)6)24-23-35(51(43)40(52)53)26-29-11-19-34(20-12-29)50-58(54,55)36-21-15-31(16-22-36)39-49-37(28-57-39)30-13-17-33(18-14-30)44(45,46)47/h9-22,25,27-28,35,38,50H,23-24,26H2,1-8H3,(H,52,53)/t35-,38+,43-/m0/s1. The van der Waals surface area contributed by atoms with Crippen LogP contribution in [0.2, 0.25) is 18.1 Å². The third kappa shape index (κ3) is 9.13. The molecule has 0 spiro atoms. The number of thiazole rings is 1. The van der Waals surface area contributed by atoms with Crippen LogP contribution in [0.3, 0.4) is 0 Å². The highest BCUT2D eigenvalue weighted by Gasteiger charge is 2.62. The number of likely N-dealkylation sites (tertiary alicyclic amines) is 1. The molecule has 0 saturated carbocycles. The molecule has 9 nitrogen and oxygen atoms in total. The van der Waals surface area contributed by atoms with Crippen molar-refractivity contribution in [2.24, 2.45) is 5.41 Å². The number of sulfonamides is 1. The zero-order valence-electron chi connectivity index (χ0n) is 34.5. The largest absolute Gasteiger partial charge is 0.465 e. The van der Waals surface area contributed by atoms with Crippen molar-refractivity contribution in [3.05, 3.63) is 119 Å². The normalized spacial score (nSPS) is 18.5. The van der Waals surface area contributed by atoms with E-state index in [4.69, 9.17) is 4.43 Å². The van der Waals surface area contributed by atoms with Gasteiger partial charge in [-0.15, -0.1) is 11.3 Å². The summed E-state index contributed by atoms with van der Waals surface area (Å²) >= 11 is 1.30. The van der Waals surface area contributed by atoms with Crippen molar-refractivity contribution in [2.45, 2.75) is 108 Å². The molecule has 3 aromatic carbocycles. The maximum atomic E-state index is 13.5. The van der Waals surface area contributed by atoms with E-state index in [-0.39, 0.29) is 16.0 Å². The lowest BCUT2D eigenvalue weighted by molar-refractivity contribution is -0.137. The molecule has 1 saturated heterocycles. The van der Waals surface area contributed by atoms with Crippen molar-refractivity contribution < 1.29 is 35.9 Å². The van der Waals surface area contributed by atoms with Crippen LogP contribution >= 0.6 is 11.3 Å². The number of amides is 1. The number of alkyl halides is 3. The SMILES string of the molecule is CC(C)(C)[C@@]1([C@H](O[Si](C)(C)C(C)(C)C)c2cccnc2)CC[C@@H](Cc2ccc(NS(=O)(=O)c3ccc(-c4nc(-c5ccc(C(F)(F)F)cc5)cs4)cc3)cc2)N1C(=O)O. The number of nitrogens with one attached hydrogen (secondary N) is 1. The number of halogens is 3. The minimum atomic E-state index is -4.43. The fourth-order valence-corrected chi connectivity index (χ4v) is 10.8. The van der Waals surface area contributed by atoms with Gasteiger partial charge in [0, 0.05) is 46.2 Å². The van der Waals surface area contributed by atoms with Gasteiger partial charge in [0.2, 0.25) is 0 Å². The van der Waals surface area contributed by atoms with Gasteiger partial charge in [-0.1, -0.05) is 84.0 Å². The monoisotopic (exact) mass is 864 g/mol. The zero-order valence-corrected chi connectivity index (χ0v) is 37.1. The molecule has 2 N–H and O–H groups in total. The second-order valence-corrected chi connectivity index (χ2v) is 25.0. The lowest BCUT2D eigenvalue weighted by Crippen LogP contribution is -2.63. The summed E-state index contributed by atoms with van der Waals surface area (Å²) in [5.41, 5.74) is 1.59. The smallest absolute Gasteiger partial charge is 0.416 e. The number of hydrogen-bond acceptors (Lipinski definition) is 7. The fourth-order valence-electron chi connectivity index (χ4n) is 7.65. The Hall–Kier alpha value is -4.57. The van der Waals surface area contributed by atoms with Gasteiger partial charge in [0.15, 0.2) is 8.32 Å². The Morgan fingerprint density at radius 3 is 2.14 bits per heavy atom. The molecule has 15 heteroatoms. The molecule has 0 bridgehead atoms. The van der Waals surface area contributed by atoms with Gasteiger partial charge in [0.05, 0.1) is 27.8 Å². The molecule has 0 unspecified atom stereocenters. The third-order valence-corrected chi connectivity index (χ3v) is 18.6. The van der Waals surface area contributed by atoms with Crippen molar-refractivity contribution in [2.75, 3.05) is 4.72 Å². The third-order valence-electron chi connectivity index (χ3n) is 11.9. The molecular weight excluding hydrogens is 814 g/mol. The molecule has 59 heavy (non-hydrogen) atoms. The summed E-state index contributed by atoms with van der Waals surface area (Å²) in [5, 5.41) is 13.2. The average molecular weight is 865 g/mol. The van der Waals surface area contributed by atoms with Crippen LogP contribution in [0.15, 0.2) is 108 Å². The zero-order chi connectivity index (χ0) is 43.2. The summed E-state index contributed by atoms with van der Waals surface area (Å²) < 4.78 is 75.7. The Morgan fingerprint density at radius 1 is 0.966 bits per heavy atom. The average Bonchev–Trinajstić information content (AvgIpc) is 3.81. The van der Waals surface area contributed by atoms with E-state index < -0.39 is 53.2 Å². The number of anilines is 1. The number of nitrogens with zero attached hydrogens (tertiary/aromatic N) is 3. The molecule has 1 aliphatic heterocycles. The quantitative estimate of drug-likeness (QED) is 0.127. The first-order valence-corrected chi connectivity index (χ1v) is 24.7. The van der Waals surface area contributed by atoms with Crippen LogP contribution in [0, 0.1) is 5.41 Å². The maximum absolute atomic E-state index is 13.5. The minimum absolute atomic E-state index is 0.0366. The number of carboxylic acid groups (broad SMARTS) is 1. The van der Waals surface area contributed by atoms with E-state index in [0.717, 1.165) is 23.3 Å². The lowest BCUT2D eigenvalue weighted by atomic mass is 9.67. The van der Waals surface area contributed by atoms with Crippen LogP contribution in [-0.2, 0) is 27.0 Å². The molecule has 1 amide bonds. The number of aromatic nitrogens is 2. The van der Waals surface area contributed by atoms with Crippen LogP contribution < -0.4 is 4.72 Å². The van der Waals surface area contributed by atoms with Gasteiger partial charge in [0.1, 0.15) is 5.01 Å². The number of rotatable bonds is 11. The summed E-state index contributed by atoms with van der Waals surface area (Å²) in [5.74, 6) is 0. The highest BCUT2D eigenvalue weighted by Crippen LogP contribution is 2.57. The Kier molecular flexibility index (Phi) is 12.0. The van der Waals surface area contributed by atoms with E-state index in [1.807, 2.05) is 24.3 Å². The topological polar surface area (TPSA) is 122 Å². The Balaban J connectivity index is 1.18. The molecule has 2 aromatic heterocycles. The molecule has 314 valence electrons. The van der Waals surface area contributed by atoms with E-state index in [1.54, 1.807) is 46.9 Å². The van der Waals surface area contributed by atoms with Crippen LogP contribution in [0.4, 0.5) is 23.7 Å². The predicted molar refractivity (Wildman–Crippen MR) is 229 cm³/mol. The van der Waals surface area contributed by atoms with Crippen LogP contribution in [-0.4, -0.2) is 54.4 Å². The molecule has 0 radical (unpaired) electrons. The van der Waals surface area contributed by atoms with Crippen LogP contribution in [0.1, 0.15) is 77.2 Å². The van der Waals surface area contributed by atoms with Crippen molar-refractivity contribution in [3.63, 3.8) is 0 Å². The van der Waals surface area contributed by atoms with Crippen LogP contribution in [0.25, 0.3) is 21.8 Å². The minimum Gasteiger partial charge on any atom is -0.465 e. The van der Waals surface area contributed by atoms with E-state index in [2.05, 4.69) is 69.3 Å². The van der Waals surface area contributed by atoms with Crippen molar-refractivity contribution in [3.8, 4) is 21.8 Å². The second-order valence-electron chi connectivity index (χ2n) is 17.7. The van der Waals surface area contributed by atoms with Crippen molar-refractivity contribution in [1.82, 2.24) is 14.9 Å². The molecule has 3 heterocycles. The lowest BCUT2D eigenvalue weighted by Gasteiger charge is -2.55. The van der Waals surface area contributed by atoms with E-state index >= 15 is 0 Å².